The SMILES string of the molecule is CCc1c(N=Nc2sc(C#N)c(C)c2C#N)c(O)n(C(C)(C=O)Nc2cc(S(=O)(=O)O)cc(S(=O)(=O)O)c2)c(=O)c1C(N)=O. The van der Waals surface area contributed by atoms with Crippen molar-refractivity contribution in [1.82, 2.24) is 4.57 Å². The van der Waals surface area contributed by atoms with Crippen LogP contribution < -0.4 is 16.6 Å². The van der Waals surface area contributed by atoms with Crippen LogP contribution in [0.25, 0.3) is 0 Å². The van der Waals surface area contributed by atoms with Crippen molar-refractivity contribution in [3.63, 3.8) is 0 Å². The predicted octanol–water partition coefficient (Wildman–Crippen LogP) is 2.22. The van der Waals surface area contributed by atoms with Crippen molar-refractivity contribution in [3.8, 4) is 18.0 Å². The maximum absolute atomic E-state index is 13.6. The molecule has 0 spiro atoms. The van der Waals surface area contributed by atoms with Gasteiger partial charge in [0.05, 0.1) is 15.4 Å². The summed E-state index contributed by atoms with van der Waals surface area (Å²) in [6.45, 7) is 3.93. The molecule has 1 aromatic carbocycles. The number of thiophene rings is 1. The number of benzene rings is 1. The van der Waals surface area contributed by atoms with Gasteiger partial charge < -0.3 is 16.2 Å². The summed E-state index contributed by atoms with van der Waals surface area (Å²) in [6, 6.07) is 5.49. The molecule has 1 amide bonds. The Balaban J connectivity index is 2.39. The van der Waals surface area contributed by atoms with Crippen molar-refractivity contribution >= 4 is 60.1 Å². The Hall–Kier alpha value is -4.99. The van der Waals surface area contributed by atoms with Crippen molar-refractivity contribution in [1.29, 1.82) is 10.5 Å². The number of amides is 1. The summed E-state index contributed by atoms with van der Waals surface area (Å²) in [5.74, 6) is -2.38. The first-order valence-electron chi connectivity index (χ1n) is 11.9. The van der Waals surface area contributed by atoms with Gasteiger partial charge >= 0.3 is 0 Å². The second kappa shape index (κ2) is 11.9. The van der Waals surface area contributed by atoms with Crippen molar-refractivity contribution in [2.24, 2.45) is 16.0 Å². The molecule has 1 unspecified atom stereocenters. The van der Waals surface area contributed by atoms with Crippen LogP contribution in [-0.4, -0.2) is 47.8 Å². The van der Waals surface area contributed by atoms with Crippen molar-refractivity contribution in [2.45, 2.75) is 42.6 Å². The van der Waals surface area contributed by atoms with Crippen LogP contribution in [0.2, 0.25) is 0 Å². The lowest BCUT2D eigenvalue weighted by atomic mass is 10.0. The summed E-state index contributed by atoms with van der Waals surface area (Å²) >= 11 is 0.792. The molecule has 0 saturated carbocycles. The van der Waals surface area contributed by atoms with Gasteiger partial charge in [-0.25, -0.2) is 4.57 Å². The molecule has 0 radical (unpaired) electrons. The highest BCUT2D eigenvalue weighted by Gasteiger charge is 2.36. The number of nitrogens with zero attached hydrogens (tertiary/aromatic N) is 5. The molecular formula is C24H21N7O10S3. The molecule has 3 rings (SSSR count). The van der Waals surface area contributed by atoms with E-state index in [0.29, 0.717) is 28.3 Å². The van der Waals surface area contributed by atoms with E-state index in [0.717, 1.165) is 18.3 Å². The molecule has 0 aliphatic heterocycles. The van der Waals surface area contributed by atoms with E-state index in [1.807, 2.05) is 12.1 Å². The molecular weight excluding hydrogens is 643 g/mol. The lowest BCUT2D eigenvalue weighted by Gasteiger charge is -2.30. The highest BCUT2D eigenvalue weighted by Crippen LogP contribution is 2.39. The van der Waals surface area contributed by atoms with Crippen LogP contribution in [0.1, 0.15) is 45.8 Å². The average molecular weight is 664 g/mol. The zero-order valence-corrected chi connectivity index (χ0v) is 25.2. The molecule has 2 aromatic heterocycles. The van der Waals surface area contributed by atoms with Gasteiger partial charge in [-0.05, 0) is 44.0 Å². The number of aromatic nitrogens is 1. The summed E-state index contributed by atoms with van der Waals surface area (Å²) < 4.78 is 66.3. The maximum atomic E-state index is 13.6. The lowest BCUT2D eigenvalue weighted by Crippen LogP contribution is -2.48. The number of carbonyl (C=O) groups is 2. The monoisotopic (exact) mass is 663 g/mol. The van der Waals surface area contributed by atoms with Gasteiger partial charge in [-0.1, -0.05) is 6.92 Å². The van der Waals surface area contributed by atoms with Gasteiger partial charge in [-0.15, -0.1) is 21.6 Å². The normalized spacial score (nSPS) is 13.2. The topological polar surface area (TPSA) is 295 Å². The quantitative estimate of drug-likeness (QED) is 0.118. The highest BCUT2D eigenvalue weighted by molar-refractivity contribution is 7.86. The third-order valence-electron chi connectivity index (χ3n) is 6.18. The lowest BCUT2D eigenvalue weighted by molar-refractivity contribution is -0.113. The van der Waals surface area contributed by atoms with Crippen molar-refractivity contribution < 1.29 is 40.6 Å². The molecule has 0 fully saturated rings. The van der Waals surface area contributed by atoms with Crippen molar-refractivity contribution in [3.05, 3.63) is 55.7 Å². The fourth-order valence-electron chi connectivity index (χ4n) is 4.11. The number of azo groups is 1. The second-order valence-corrected chi connectivity index (χ2v) is 12.9. The van der Waals surface area contributed by atoms with E-state index in [1.54, 1.807) is 0 Å². The van der Waals surface area contributed by atoms with Crippen LogP contribution in [0.4, 0.5) is 16.4 Å². The van der Waals surface area contributed by atoms with Crippen LogP contribution in [0.15, 0.2) is 43.0 Å². The second-order valence-electron chi connectivity index (χ2n) is 9.08. The molecule has 0 aliphatic rings. The van der Waals surface area contributed by atoms with Crippen LogP contribution in [-0.2, 0) is 37.1 Å². The van der Waals surface area contributed by atoms with Gasteiger partial charge in [-0.3, -0.25) is 23.5 Å². The Kier molecular flexibility index (Phi) is 9.10. The first-order valence-corrected chi connectivity index (χ1v) is 15.5. The number of aromatic hydroxyl groups is 1. The molecule has 0 bridgehead atoms. The van der Waals surface area contributed by atoms with Gasteiger partial charge in [-0.2, -0.15) is 27.4 Å². The number of nitriles is 2. The molecule has 20 heteroatoms. The minimum atomic E-state index is -5.08. The summed E-state index contributed by atoms with van der Waals surface area (Å²) in [7, 11) is -10.2. The molecule has 17 nitrogen and oxygen atoms in total. The molecule has 0 aliphatic carbocycles. The number of anilines is 1. The Morgan fingerprint density at radius 2 is 1.70 bits per heavy atom. The largest absolute Gasteiger partial charge is 0.493 e. The summed E-state index contributed by atoms with van der Waals surface area (Å²) in [5, 5.41) is 40.2. The van der Waals surface area contributed by atoms with Crippen molar-refractivity contribution in [2.75, 3.05) is 5.32 Å². The van der Waals surface area contributed by atoms with Crippen LogP contribution in [0, 0.1) is 29.6 Å². The first kappa shape index (κ1) is 33.5. The number of hydrogen-bond acceptors (Lipinski definition) is 14. The van der Waals surface area contributed by atoms with Crippen LogP contribution >= 0.6 is 11.3 Å². The number of pyridine rings is 1. The summed E-state index contributed by atoms with van der Waals surface area (Å²) in [4.78, 5) is 36.5. The molecule has 0 saturated heterocycles. The number of rotatable bonds is 10. The van der Waals surface area contributed by atoms with E-state index < -0.39 is 70.0 Å². The zero-order valence-electron chi connectivity index (χ0n) is 22.8. The third-order valence-corrected chi connectivity index (χ3v) is 8.92. The van der Waals surface area contributed by atoms with Gasteiger partial charge in [0.25, 0.3) is 31.7 Å². The standard InChI is InChI=1S/C24H21N7O10S3/c1-4-15-18(20(27)33)22(34)31(23(35)19(15)29-30-21-16(8-25)11(2)17(9-26)42-21)24(3,10-32)28-12-5-13(43(36,37)38)7-14(6-12)44(39,40)41/h5-7,10,28,35H,4H2,1-3H3,(H2,27,33)(H,36,37,38)(H,39,40,41). The van der Waals surface area contributed by atoms with E-state index in [4.69, 9.17) is 5.73 Å². The van der Waals surface area contributed by atoms with E-state index in [-0.39, 0.29) is 33.7 Å². The van der Waals surface area contributed by atoms with Gasteiger partial charge in [0.2, 0.25) is 5.88 Å². The van der Waals surface area contributed by atoms with E-state index in [1.165, 1.54) is 13.8 Å². The van der Waals surface area contributed by atoms with Crippen LogP contribution in [0.5, 0.6) is 5.88 Å². The Labute approximate surface area is 253 Å². The minimum Gasteiger partial charge on any atom is -0.493 e. The highest BCUT2D eigenvalue weighted by atomic mass is 32.2. The Morgan fingerprint density at radius 1 is 1.14 bits per heavy atom. The summed E-state index contributed by atoms with van der Waals surface area (Å²) in [6.07, 6.45) is -0.109. The van der Waals surface area contributed by atoms with Gasteiger partial charge in [0.1, 0.15) is 22.6 Å². The first-order chi connectivity index (χ1) is 20.3. The fraction of sp³-hybridized carbons (Fsp3) is 0.208. The smallest absolute Gasteiger partial charge is 0.294 e. The molecule has 230 valence electrons. The molecule has 44 heavy (non-hydrogen) atoms. The molecule has 2 heterocycles. The van der Waals surface area contributed by atoms with Gasteiger partial charge in [0.15, 0.2) is 22.6 Å². The van der Waals surface area contributed by atoms with Gasteiger partial charge in [0, 0.05) is 11.3 Å². The fourth-order valence-corrected chi connectivity index (χ4v) is 6.16. The Morgan fingerprint density at radius 3 is 2.14 bits per heavy atom. The number of primary amides is 1. The number of nitrogens with one attached hydrogen (secondary N) is 1. The van der Waals surface area contributed by atoms with E-state index >= 15 is 0 Å². The maximum Gasteiger partial charge on any atom is 0.294 e. The van der Waals surface area contributed by atoms with E-state index in [2.05, 4.69) is 15.5 Å². The summed E-state index contributed by atoms with van der Waals surface area (Å²) in [5.41, 5.74) is -0.0975. The van der Waals surface area contributed by atoms with Crippen LogP contribution in [0.3, 0.4) is 0 Å². The number of nitrogens with two attached hydrogens (primary N) is 1. The Bertz CT molecular complexity index is 2070. The zero-order chi connectivity index (χ0) is 33.4. The third kappa shape index (κ3) is 6.20. The number of aldehydes is 1. The van der Waals surface area contributed by atoms with E-state index in [9.17, 15) is 56.0 Å². The predicted molar refractivity (Wildman–Crippen MR) is 152 cm³/mol. The number of hydrogen-bond donors (Lipinski definition) is 5. The molecule has 1 atom stereocenters. The molecule has 6 N–H and O–H groups in total. The molecule has 3 aromatic rings. The number of carbonyl (C=O) groups excluding carboxylic acids is 2. The average Bonchev–Trinajstić information content (AvgIpc) is 3.24. The minimum absolute atomic E-state index is 0.0101.